The van der Waals surface area contributed by atoms with Crippen molar-refractivity contribution in [1.82, 2.24) is 14.8 Å². The van der Waals surface area contributed by atoms with Crippen LogP contribution in [0, 0.1) is 0 Å². The number of fused-ring (bicyclic) bond motifs is 1. The molecule has 0 bridgehead atoms. The van der Waals surface area contributed by atoms with E-state index in [1.165, 1.54) is 0 Å². The van der Waals surface area contributed by atoms with E-state index in [1.54, 1.807) is 56.3 Å². The van der Waals surface area contributed by atoms with Crippen LogP contribution in [0.15, 0.2) is 47.7 Å². The summed E-state index contributed by atoms with van der Waals surface area (Å²) in [7, 11) is 4.71. The number of aromatic hydroxyl groups is 1. The number of nitrogens with one attached hydrogen (secondary N) is 1. The average molecular weight is 448 g/mol. The summed E-state index contributed by atoms with van der Waals surface area (Å²) in [5, 5.41) is 17.7. The van der Waals surface area contributed by atoms with Gasteiger partial charge in [-0.05, 0) is 43.2 Å². The number of allylic oxidation sites excluding steroid dienone is 2. The Labute approximate surface area is 190 Å². The van der Waals surface area contributed by atoms with Gasteiger partial charge in [-0.3, -0.25) is 4.79 Å². The molecule has 33 heavy (non-hydrogen) atoms. The minimum Gasteiger partial charge on any atom is -0.508 e. The number of benzene rings is 2. The van der Waals surface area contributed by atoms with Gasteiger partial charge in [-0.15, -0.1) is 5.10 Å². The Morgan fingerprint density at radius 1 is 1.00 bits per heavy atom. The van der Waals surface area contributed by atoms with E-state index in [4.69, 9.17) is 24.3 Å². The van der Waals surface area contributed by atoms with Crippen molar-refractivity contribution in [2.45, 2.75) is 25.3 Å². The maximum absolute atomic E-state index is 13.1. The zero-order chi connectivity index (χ0) is 23.1. The number of hydrogen-bond acceptors (Lipinski definition) is 8. The quantitative estimate of drug-likeness (QED) is 0.608. The minimum absolute atomic E-state index is 0.0675. The third kappa shape index (κ3) is 3.45. The van der Waals surface area contributed by atoms with Gasteiger partial charge in [0.2, 0.25) is 5.95 Å². The highest BCUT2D eigenvalue weighted by molar-refractivity contribution is 5.99. The van der Waals surface area contributed by atoms with E-state index in [0.29, 0.717) is 41.0 Å². The van der Waals surface area contributed by atoms with E-state index in [2.05, 4.69) is 5.32 Å². The SMILES string of the molecule is COc1cc(OC)c(C2C3=C(CCCC3=O)Nc3nc(-c4ccc(O)cc4)nn32)cc1OC. The molecule has 1 atom stereocenters. The maximum Gasteiger partial charge on any atom is 0.226 e. The lowest BCUT2D eigenvalue weighted by atomic mass is 9.85. The fraction of sp³-hybridized carbons (Fsp3) is 0.292. The van der Waals surface area contributed by atoms with Gasteiger partial charge in [-0.1, -0.05) is 0 Å². The number of anilines is 1. The molecule has 2 heterocycles. The van der Waals surface area contributed by atoms with E-state index < -0.39 is 6.04 Å². The highest BCUT2D eigenvalue weighted by atomic mass is 16.5. The van der Waals surface area contributed by atoms with Crippen LogP contribution in [0.5, 0.6) is 23.0 Å². The molecular weight excluding hydrogens is 424 g/mol. The second kappa shape index (κ2) is 8.16. The number of carbonyl (C=O) groups is 1. The summed E-state index contributed by atoms with van der Waals surface area (Å²) < 4.78 is 18.4. The summed E-state index contributed by atoms with van der Waals surface area (Å²) in [4.78, 5) is 17.8. The molecule has 9 heteroatoms. The first kappa shape index (κ1) is 20.9. The van der Waals surface area contributed by atoms with Gasteiger partial charge in [0.1, 0.15) is 17.5 Å². The molecule has 9 nitrogen and oxygen atoms in total. The van der Waals surface area contributed by atoms with Gasteiger partial charge in [0, 0.05) is 34.9 Å². The van der Waals surface area contributed by atoms with Crippen molar-refractivity contribution >= 4 is 11.7 Å². The molecule has 0 spiro atoms. The Bertz CT molecular complexity index is 1260. The van der Waals surface area contributed by atoms with Gasteiger partial charge in [0.05, 0.1) is 21.3 Å². The molecule has 0 fully saturated rings. The van der Waals surface area contributed by atoms with Gasteiger partial charge in [0.25, 0.3) is 0 Å². The van der Waals surface area contributed by atoms with Crippen LogP contribution in [0.2, 0.25) is 0 Å². The highest BCUT2D eigenvalue weighted by Gasteiger charge is 2.38. The number of nitrogens with zero attached hydrogens (tertiary/aromatic N) is 3. The van der Waals surface area contributed by atoms with E-state index in [1.807, 2.05) is 6.07 Å². The fourth-order valence-electron chi connectivity index (χ4n) is 4.44. The lowest BCUT2D eigenvalue weighted by Crippen LogP contribution is -2.31. The normalized spacial score (nSPS) is 17.2. The third-order valence-corrected chi connectivity index (χ3v) is 6.02. The van der Waals surface area contributed by atoms with Gasteiger partial charge in [-0.25, -0.2) is 4.68 Å². The molecule has 1 unspecified atom stereocenters. The fourth-order valence-corrected chi connectivity index (χ4v) is 4.44. The second-order valence-electron chi connectivity index (χ2n) is 7.90. The molecule has 0 radical (unpaired) electrons. The number of rotatable bonds is 5. The molecule has 2 aromatic carbocycles. The van der Waals surface area contributed by atoms with Gasteiger partial charge >= 0.3 is 0 Å². The molecule has 0 saturated heterocycles. The summed E-state index contributed by atoms with van der Waals surface area (Å²) in [6.45, 7) is 0. The van der Waals surface area contributed by atoms with Crippen molar-refractivity contribution in [2.75, 3.05) is 26.6 Å². The van der Waals surface area contributed by atoms with Crippen LogP contribution in [0.1, 0.15) is 30.9 Å². The van der Waals surface area contributed by atoms with Gasteiger partial charge < -0.3 is 24.6 Å². The molecule has 1 aliphatic heterocycles. The number of phenols is 1. The van der Waals surface area contributed by atoms with E-state index in [0.717, 1.165) is 29.7 Å². The summed E-state index contributed by atoms with van der Waals surface area (Å²) in [6, 6.07) is 9.71. The van der Waals surface area contributed by atoms with Crippen molar-refractivity contribution in [3.8, 4) is 34.4 Å². The lowest BCUT2D eigenvalue weighted by Gasteiger charge is -2.33. The first-order valence-corrected chi connectivity index (χ1v) is 10.6. The van der Waals surface area contributed by atoms with Crippen molar-refractivity contribution in [1.29, 1.82) is 0 Å². The summed E-state index contributed by atoms with van der Waals surface area (Å²) in [5.74, 6) is 2.85. The average Bonchev–Trinajstić information content (AvgIpc) is 3.26. The van der Waals surface area contributed by atoms with Crippen molar-refractivity contribution in [2.24, 2.45) is 0 Å². The second-order valence-corrected chi connectivity index (χ2v) is 7.90. The van der Waals surface area contributed by atoms with Crippen molar-refractivity contribution in [3.05, 3.63) is 53.2 Å². The Kier molecular flexibility index (Phi) is 5.16. The summed E-state index contributed by atoms with van der Waals surface area (Å²) >= 11 is 0. The molecule has 3 aromatic rings. The lowest BCUT2D eigenvalue weighted by molar-refractivity contribution is -0.116. The smallest absolute Gasteiger partial charge is 0.226 e. The van der Waals surface area contributed by atoms with Crippen LogP contribution in [-0.4, -0.2) is 47.0 Å². The number of ketones is 1. The van der Waals surface area contributed by atoms with Crippen LogP contribution < -0.4 is 19.5 Å². The third-order valence-electron chi connectivity index (χ3n) is 6.02. The zero-order valence-corrected chi connectivity index (χ0v) is 18.6. The van der Waals surface area contributed by atoms with Gasteiger partial charge in [-0.2, -0.15) is 4.98 Å². The number of methoxy groups -OCH3 is 3. The molecule has 170 valence electrons. The predicted octanol–water partition coefficient (Wildman–Crippen LogP) is 3.70. The first-order chi connectivity index (χ1) is 16.0. The largest absolute Gasteiger partial charge is 0.508 e. The maximum atomic E-state index is 13.1. The highest BCUT2D eigenvalue weighted by Crippen LogP contribution is 2.46. The van der Waals surface area contributed by atoms with Crippen molar-refractivity contribution < 1.29 is 24.1 Å². The Morgan fingerprint density at radius 2 is 1.70 bits per heavy atom. The van der Waals surface area contributed by atoms with E-state index in [-0.39, 0.29) is 11.5 Å². The molecule has 1 aromatic heterocycles. The Morgan fingerprint density at radius 3 is 2.39 bits per heavy atom. The molecule has 1 aliphatic carbocycles. The molecule has 0 amide bonds. The minimum atomic E-state index is -0.544. The molecular formula is C24H24N4O5. The number of hydrogen-bond donors (Lipinski definition) is 2. The predicted molar refractivity (Wildman–Crippen MR) is 121 cm³/mol. The standard InChI is InChI=1S/C24H24N4O5/c1-31-18-12-20(33-3)19(32-2)11-15(18)22-21-16(5-4-6-17(21)30)25-24-26-23(27-28(22)24)13-7-9-14(29)10-8-13/h7-12,22,29H,4-6H2,1-3H3,(H,25,26,27). The molecule has 0 saturated carbocycles. The number of ether oxygens (including phenoxy) is 3. The topological polar surface area (TPSA) is 108 Å². The number of carbonyl (C=O) groups excluding carboxylic acids is 1. The summed E-state index contributed by atoms with van der Waals surface area (Å²) in [6.07, 6.45) is 2.00. The Balaban J connectivity index is 1.72. The van der Waals surface area contributed by atoms with E-state index >= 15 is 0 Å². The van der Waals surface area contributed by atoms with Crippen LogP contribution in [0.3, 0.4) is 0 Å². The van der Waals surface area contributed by atoms with Gasteiger partial charge in [0.15, 0.2) is 23.1 Å². The zero-order valence-electron chi connectivity index (χ0n) is 18.6. The monoisotopic (exact) mass is 448 g/mol. The molecule has 2 N–H and O–H groups in total. The number of phenolic OH excluding ortho intramolecular Hbond substituents is 1. The van der Waals surface area contributed by atoms with E-state index in [9.17, 15) is 9.90 Å². The first-order valence-electron chi connectivity index (χ1n) is 10.6. The molecule has 2 aliphatic rings. The number of aromatic nitrogens is 3. The number of Topliss-reactive ketones (excluding diaryl/α,β-unsaturated/α-hetero) is 1. The van der Waals surface area contributed by atoms with Crippen molar-refractivity contribution in [3.63, 3.8) is 0 Å². The molecule has 5 rings (SSSR count). The Hall–Kier alpha value is -4.01. The summed E-state index contributed by atoms with van der Waals surface area (Å²) in [5.41, 5.74) is 2.98. The van der Waals surface area contributed by atoms with Crippen LogP contribution >= 0.6 is 0 Å². The van der Waals surface area contributed by atoms with Crippen LogP contribution in [-0.2, 0) is 4.79 Å². The van der Waals surface area contributed by atoms with Crippen LogP contribution in [0.25, 0.3) is 11.4 Å². The van der Waals surface area contributed by atoms with Crippen LogP contribution in [0.4, 0.5) is 5.95 Å².